The first-order valence-electron chi connectivity index (χ1n) is 5.47. The molecule has 1 aromatic heterocycles. The molecule has 0 atom stereocenters. The van der Waals surface area contributed by atoms with Gasteiger partial charge in [0.25, 0.3) is 0 Å². The van der Waals surface area contributed by atoms with Gasteiger partial charge in [-0.3, -0.25) is 4.79 Å². The van der Waals surface area contributed by atoms with Gasteiger partial charge in [-0.05, 0) is 6.42 Å². The van der Waals surface area contributed by atoms with E-state index in [-0.39, 0.29) is 6.54 Å². The molecule has 0 aliphatic heterocycles. The zero-order valence-electron chi connectivity index (χ0n) is 9.70. The Morgan fingerprint density at radius 1 is 1.39 bits per heavy atom. The summed E-state index contributed by atoms with van der Waals surface area (Å²) >= 11 is 0. The van der Waals surface area contributed by atoms with Gasteiger partial charge in [0.15, 0.2) is 0 Å². The maximum Gasteiger partial charge on any atom is 0.401 e. The third-order valence-electron chi connectivity index (χ3n) is 2.09. The zero-order chi connectivity index (χ0) is 13.4. The largest absolute Gasteiger partial charge is 0.401 e. The predicted molar refractivity (Wildman–Crippen MR) is 58.8 cm³/mol. The number of carbonyl (C=O) groups excluding carboxylic acids is 1. The van der Waals surface area contributed by atoms with Crippen LogP contribution in [0.1, 0.15) is 6.42 Å². The summed E-state index contributed by atoms with van der Waals surface area (Å²) < 4.78 is 37.2. The van der Waals surface area contributed by atoms with E-state index < -0.39 is 18.6 Å². The lowest BCUT2D eigenvalue weighted by Gasteiger charge is -2.08. The van der Waals surface area contributed by atoms with Crippen LogP contribution in [0, 0.1) is 0 Å². The number of nitrogens with one attached hydrogen (secondary N) is 2. The van der Waals surface area contributed by atoms with Crippen molar-refractivity contribution in [2.75, 3.05) is 19.6 Å². The summed E-state index contributed by atoms with van der Waals surface area (Å²) in [4.78, 5) is 15.0. The first-order valence-corrected chi connectivity index (χ1v) is 5.47. The molecular weight excluding hydrogens is 249 g/mol. The molecule has 0 bridgehead atoms. The topological polar surface area (TPSA) is 59.0 Å². The number of aromatic nitrogens is 2. The highest BCUT2D eigenvalue weighted by Gasteiger charge is 2.26. The normalized spacial score (nSPS) is 11.5. The van der Waals surface area contributed by atoms with E-state index in [1.807, 2.05) is 9.88 Å². The Bertz CT molecular complexity index is 351. The minimum absolute atomic E-state index is 0.329. The van der Waals surface area contributed by atoms with Gasteiger partial charge in [0.05, 0.1) is 19.4 Å². The third kappa shape index (κ3) is 6.89. The summed E-state index contributed by atoms with van der Waals surface area (Å²) in [6.07, 6.45) is 1.52. The molecule has 1 aromatic rings. The quantitative estimate of drug-likeness (QED) is 0.707. The molecule has 0 aliphatic rings. The van der Waals surface area contributed by atoms with Gasteiger partial charge in [-0.15, -0.1) is 0 Å². The first kappa shape index (κ1) is 14.5. The van der Waals surface area contributed by atoms with E-state index in [1.165, 1.54) is 0 Å². The lowest BCUT2D eigenvalue weighted by Crippen LogP contribution is -2.38. The fraction of sp³-hybridized carbons (Fsp3) is 0.600. The van der Waals surface area contributed by atoms with E-state index in [9.17, 15) is 18.0 Å². The number of amides is 1. The smallest absolute Gasteiger partial charge is 0.355 e. The monoisotopic (exact) mass is 264 g/mol. The fourth-order valence-corrected chi connectivity index (χ4v) is 1.29. The molecule has 5 nitrogen and oxygen atoms in total. The number of carbonyl (C=O) groups is 1. The van der Waals surface area contributed by atoms with Crippen LogP contribution in [-0.2, 0) is 11.3 Å². The van der Waals surface area contributed by atoms with Gasteiger partial charge in [-0.25, -0.2) is 4.98 Å². The van der Waals surface area contributed by atoms with Crippen molar-refractivity contribution in [2.24, 2.45) is 0 Å². The number of imidazole rings is 1. The number of rotatable bonds is 7. The predicted octanol–water partition coefficient (Wildman–Crippen LogP) is 0.541. The van der Waals surface area contributed by atoms with Crippen molar-refractivity contribution in [1.82, 2.24) is 20.2 Å². The molecule has 0 saturated carbocycles. The highest BCUT2D eigenvalue weighted by atomic mass is 19.4. The highest BCUT2D eigenvalue weighted by Crippen LogP contribution is 2.11. The van der Waals surface area contributed by atoms with E-state index >= 15 is 0 Å². The Kier molecular flexibility index (Phi) is 5.63. The van der Waals surface area contributed by atoms with Crippen LogP contribution in [0.5, 0.6) is 0 Å². The summed E-state index contributed by atoms with van der Waals surface area (Å²) in [5.74, 6) is -0.440. The van der Waals surface area contributed by atoms with Crippen molar-refractivity contribution in [3.05, 3.63) is 18.7 Å². The molecule has 0 radical (unpaired) electrons. The Hall–Kier alpha value is -1.57. The Morgan fingerprint density at radius 2 is 2.17 bits per heavy atom. The molecule has 0 spiro atoms. The maximum atomic E-state index is 11.8. The minimum Gasteiger partial charge on any atom is -0.355 e. The van der Waals surface area contributed by atoms with Crippen molar-refractivity contribution in [3.63, 3.8) is 0 Å². The second-order valence-corrected chi connectivity index (χ2v) is 3.72. The standard InChI is InChI=1S/C10H15F3N4O/c11-10(12,13)7-15-6-9(18)16-2-1-4-17-5-3-14-8-17/h3,5,8,15H,1-2,4,6-7H2,(H,16,18). The lowest BCUT2D eigenvalue weighted by molar-refractivity contribution is -0.128. The third-order valence-corrected chi connectivity index (χ3v) is 2.09. The SMILES string of the molecule is O=C(CNCC(F)(F)F)NCCCn1ccnc1. The van der Waals surface area contributed by atoms with Crippen molar-refractivity contribution in [1.29, 1.82) is 0 Å². The van der Waals surface area contributed by atoms with Gasteiger partial charge in [0.1, 0.15) is 0 Å². The molecule has 18 heavy (non-hydrogen) atoms. The van der Waals surface area contributed by atoms with E-state index in [0.29, 0.717) is 19.5 Å². The zero-order valence-corrected chi connectivity index (χ0v) is 9.70. The van der Waals surface area contributed by atoms with Gasteiger partial charge in [-0.1, -0.05) is 0 Å². The second kappa shape index (κ2) is 7.00. The van der Waals surface area contributed by atoms with Crippen LogP contribution in [0.25, 0.3) is 0 Å². The number of hydrogen-bond donors (Lipinski definition) is 2. The van der Waals surface area contributed by atoms with Crippen molar-refractivity contribution < 1.29 is 18.0 Å². The van der Waals surface area contributed by atoms with Gasteiger partial charge < -0.3 is 15.2 Å². The molecule has 8 heteroatoms. The van der Waals surface area contributed by atoms with Crippen molar-refractivity contribution >= 4 is 5.91 Å². The molecule has 0 aromatic carbocycles. The molecule has 0 unspecified atom stereocenters. The number of nitrogens with zero attached hydrogens (tertiary/aromatic N) is 2. The second-order valence-electron chi connectivity index (χ2n) is 3.72. The van der Waals surface area contributed by atoms with Crippen LogP contribution < -0.4 is 10.6 Å². The Balaban J connectivity index is 2.00. The number of hydrogen-bond acceptors (Lipinski definition) is 3. The van der Waals surface area contributed by atoms with E-state index in [0.717, 1.165) is 0 Å². The molecule has 0 saturated heterocycles. The average Bonchev–Trinajstić information content (AvgIpc) is 2.75. The molecular formula is C10H15F3N4O. The van der Waals surface area contributed by atoms with Gasteiger partial charge in [0.2, 0.25) is 5.91 Å². The van der Waals surface area contributed by atoms with Gasteiger partial charge in [0, 0.05) is 25.5 Å². The summed E-state index contributed by atoms with van der Waals surface area (Å²) in [5, 5.41) is 4.56. The first-order chi connectivity index (χ1) is 8.47. The Labute approximate surface area is 102 Å². The van der Waals surface area contributed by atoms with Crippen LogP contribution in [-0.4, -0.2) is 41.3 Å². The summed E-state index contributed by atoms with van der Waals surface area (Å²) in [6, 6.07) is 0. The molecule has 0 fully saturated rings. The van der Waals surface area contributed by atoms with E-state index in [1.54, 1.807) is 18.7 Å². The number of alkyl halides is 3. The fourth-order valence-electron chi connectivity index (χ4n) is 1.29. The summed E-state index contributed by atoms with van der Waals surface area (Å²) in [6.45, 7) is -0.360. The maximum absolute atomic E-state index is 11.8. The van der Waals surface area contributed by atoms with E-state index in [4.69, 9.17) is 0 Å². The number of halogens is 3. The van der Waals surface area contributed by atoms with Crippen molar-refractivity contribution in [3.8, 4) is 0 Å². The molecule has 1 amide bonds. The van der Waals surface area contributed by atoms with Crippen molar-refractivity contribution in [2.45, 2.75) is 19.1 Å². The van der Waals surface area contributed by atoms with Crippen LogP contribution in [0.15, 0.2) is 18.7 Å². The van der Waals surface area contributed by atoms with Gasteiger partial charge in [-0.2, -0.15) is 13.2 Å². The molecule has 1 heterocycles. The van der Waals surface area contributed by atoms with E-state index in [2.05, 4.69) is 10.3 Å². The van der Waals surface area contributed by atoms with Crippen LogP contribution in [0.2, 0.25) is 0 Å². The number of aryl methyl sites for hydroxylation is 1. The molecule has 0 aliphatic carbocycles. The summed E-state index contributed by atoms with van der Waals surface area (Å²) in [5.41, 5.74) is 0. The molecule has 1 rings (SSSR count). The van der Waals surface area contributed by atoms with Crippen LogP contribution >= 0.6 is 0 Å². The Morgan fingerprint density at radius 3 is 2.78 bits per heavy atom. The lowest BCUT2D eigenvalue weighted by atomic mass is 10.4. The van der Waals surface area contributed by atoms with Gasteiger partial charge >= 0.3 is 6.18 Å². The average molecular weight is 264 g/mol. The molecule has 2 N–H and O–H groups in total. The minimum atomic E-state index is -4.29. The highest BCUT2D eigenvalue weighted by molar-refractivity contribution is 5.77. The van der Waals surface area contributed by atoms with Crippen LogP contribution in [0.4, 0.5) is 13.2 Å². The summed E-state index contributed by atoms with van der Waals surface area (Å²) in [7, 11) is 0. The molecule has 102 valence electrons. The van der Waals surface area contributed by atoms with Crippen LogP contribution in [0.3, 0.4) is 0 Å².